The number of rotatable bonds is 5. The molecular formula is C22H27NO2. The quantitative estimate of drug-likeness (QED) is 0.737. The Bertz CT molecular complexity index is 737. The number of carbonyl (C=O) groups excluding carboxylic acids is 1. The lowest BCUT2D eigenvalue weighted by Crippen LogP contribution is -2.23. The van der Waals surface area contributed by atoms with Crippen molar-refractivity contribution in [2.24, 2.45) is 5.41 Å². The predicted octanol–water partition coefficient (Wildman–Crippen LogP) is 4.76. The Labute approximate surface area is 150 Å². The van der Waals surface area contributed by atoms with Gasteiger partial charge < -0.3 is 4.74 Å². The van der Waals surface area contributed by atoms with E-state index < -0.39 is 0 Å². The summed E-state index contributed by atoms with van der Waals surface area (Å²) >= 11 is 0. The van der Waals surface area contributed by atoms with Crippen LogP contribution in [0.15, 0.2) is 48.5 Å². The molecule has 1 fully saturated rings. The fourth-order valence-corrected chi connectivity index (χ4v) is 3.57. The Hall–Kier alpha value is -2.13. The first-order valence-electron chi connectivity index (χ1n) is 9.06. The van der Waals surface area contributed by atoms with Crippen LogP contribution >= 0.6 is 0 Å². The van der Waals surface area contributed by atoms with Gasteiger partial charge >= 0.3 is 5.97 Å². The van der Waals surface area contributed by atoms with E-state index in [2.05, 4.69) is 49.1 Å². The smallest absolute Gasteiger partial charge is 0.338 e. The second-order valence-corrected chi connectivity index (χ2v) is 7.58. The first-order chi connectivity index (χ1) is 12.0. The van der Waals surface area contributed by atoms with Crippen LogP contribution in [0.4, 0.5) is 0 Å². The van der Waals surface area contributed by atoms with Gasteiger partial charge in [0.15, 0.2) is 0 Å². The van der Waals surface area contributed by atoms with E-state index in [4.69, 9.17) is 4.74 Å². The van der Waals surface area contributed by atoms with E-state index in [1.807, 2.05) is 25.1 Å². The highest BCUT2D eigenvalue weighted by Gasteiger charge is 2.29. The number of hydrogen-bond donors (Lipinski definition) is 0. The molecule has 25 heavy (non-hydrogen) atoms. The molecule has 0 saturated carbocycles. The van der Waals surface area contributed by atoms with Crippen LogP contribution in [0.3, 0.4) is 0 Å². The number of benzene rings is 2. The Morgan fingerprint density at radius 2 is 1.92 bits per heavy atom. The minimum absolute atomic E-state index is 0.245. The molecule has 1 heterocycles. The fraction of sp³-hybridized carbons (Fsp3) is 0.409. The lowest BCUT2D eigenvalue weighted by atomic mass is 9.93. The van der Waals surface area contributed by atoms with Crippen LogP contribution in [0.5, 0.6) is 0 Å². The Balaban J connectivity index is 1.93. The number of hydrogen-bond acceptors (Lipinski definition) is 3. The average molecular weight is 337 g/mol. The number of ether oxygens (including phenoxy) is 1. The van der Waals surface area contributed by atoms with Gasteiger partial charge in [-0.15, -0.1) is 0 Å². The van der Waals surface area contributed by atoms with Gasteiger partial charge in [-0.05, 0) is 54.1 Å². The highest BCUT2D eigenvalue weighted by Crippen LogP contribution is 2.32. The van der Waals surface area contributed by atoms with Crippen LogP contribution in [-0.2, 0) is 11.3 Å². The molecule has 3 heteroatoms. The van der Waals surface area contributed by atoms with E-state index in [1.165, 1.54) is 23.1 Å². The van der Waals surface area contributed by atoms with E-state index in [1.54, 1.807) is 0 Å². The van der Waals surface area contributed by atoms with Crippen LogP contribution in [0.25, 0.3) is 11.1 Å². The second-order valence-electron chi connectivity index (χ2n) is 7.58. The molecule has 1 aliphatic rings. The maximum absolute atomic E-state index is 12.1. The molecular weight excluding hydrogens is 310 g/mol. The zero-order chi connectivity index (χ0) is 17.9. The van der Waals surface area contributed by atoms with Crippen LogP contribution in [0, 0.1) is 5.41 Å². The zero-order valence-corrected chi connectivity index (χ0v) is 15.4. The van der Waals surface area contributed by atoms with Gasteiger partial charge in [-0.25, -0.2) is 4.79 Å². The molecule has 0 N–H and O–H groups in total. The molecule has 2 aromatic rings. The molecule has 0 atom stereocenters. The topological polar surface area (TPSA) is 29.5 Å². The molecule has 0 radical (unpaired) electrons. The second kappa shape index (κ2) is 7.40. The number of nitrogens with zero attached hydrogens (tertiary/aromatic N) is 1. The third-order valence-electron chi connectivity index (χ3n) is 4.85. The minimum Gasteiger partial charge on any atom is -0.462 e. The molecule has 3 rings (SSSR count). The maximum atomic E-state index is 12.1. The van der Waals surface area contributed by atoms with Gasteiger partial charge in [-0.2, -0.15) is 0 Å². The van der Waals surface area contributed by atoms with Crippen molar-refractivity contribution in [3.05, 3.63) is 59.7 Å². The summed E-state index contributed by atoms with van der Waals surface area (Å²) < 4.78 is 5.18. The van der Waals surface area contributed by atoms with Gasteiger partial charge in [0.2, 0.25) is 0 Å². The molecule has 1 aliphatic heterocycles. The molecule has 0 spiro atoms. The molecule has 3 nitrogen and oxygen atoms in total. The van der Waals surface area contributed by atoms with Crippen LogP contribution in [0.1, 0.15) is 43.1 Å². The standard InChI is InChI=1S/C22H27NO2/c1-4-25-21(24)18-10-11-20(17-8-6-5-7-9-17)19(14-18)15-23-13-12-22(2,3)16-23/h5-11,14H,4,12-13,15-16H2,1-3H3. The zero-order valence-electron chi connectivity index (χ0n) is 15.4. The highest BCUT2D eigenvalue weighted by molar-refractivity contribution is 5.90. The average Bonchev–Trinajstić information content (AvgIpc) is 2.94. The van der Waals surface area contributed by atoms with Crippen molar-refractivity contribution >= 4 is 5.97 Å². The molecule has 0 amide bonds. The van der Waals surface area contributed by atoms with E-state index in [-0.39, 0.29) is 5.97 Å². The van der Waals surface area contributed by atoms with Gasteiger partial charge in [0.25, 0.3) is 0 Å². The number of esters is 1. The first-order valence-corrected chi connectivity index (χ1v) is 9.06. The molecule has 0 aromatic heterocycles. The molecule has 0 unspecified atom stereocenters. The van der Waals surface area contributed by atoms with E-state index >= 15 is 0 Å². The summed E-state index contributed by atoms with van der Waals surface area (Å²) in [4.78, 5) is 14.6. The Morgan fingerprint density at radius 1 is 1.16 bits per heavy atom. The summed E-state index contributed by atoms with van der Waals surface area (Å²) in [5.41, 5.74) is 4.57. The molecule has 2 aromatic carbocycles. The third kappa shape index (κ3) is 4.29. The van der Waals surface area contributed by atoms with Crippen molar-refractivity contribution in [1.29, 1.82) is 0 Å². The van der Waals surface area contributed by atoms with Gasteiger partial charge in [-0.1, -0.05) is 50.2 Å². The summed E-state index contributed by atoms with van der Waals surface area (Å²) in [5.74, 6) is -0.245. The predicted molar refractivity (Wildman–Crippen MR) is 102 cm³/mol. The van der Waals surface area contributed by atoms with Crippen molar-refractivity contribution in [2.75, 3.05) is 19.7 Å². The van der Waals surface area contributed by atoms with Crippen LogP contribution in [-0.4, -0.2) is 30.6 Å². The Kier molecular flexibility index (Phi) is 5.24. The normalized spacial score (nSPS) is 16.8. The summed E-state index contributed by atoms with van der Waals surface area (Å²) in [7, 11) is 0. The summed E-state index contributed by atoms with van der Waals surface area (Å²) in [6.45, 7) is 9.93. The summed E-state index contributed by atoms with van der Waals surface area (Å²) in [6.07, 6.45) is 1.21. The monoisotopic (exact) mass is 337 g/mol. The van der Waals surface area contributed by atoms with E-state index in [0.29, 0.717) is 17.6 Å². The van der Waals surface area contributed by atoms with Gasteiger partial charge in [-0.3, -0.25) is 4.90 Å². The molecule has 132 valence electrons. The van der Waals surface area contributed by atoms with Crippen molar-refractivity contribution in [3.63, 3.8) is 0 Å². The lowest BCUT2D eigenvalue weighted by molar-refractivity contribution is 0.0526. The molecule has 0 aliphatic carbocycles. The summed E-state index contributed by atoms with van der Waals surface area (Å²) in [6, 6.07) is 16.3. The van der Waals surface area contributed by atoms with Gasteiger partial charge in [0, 0.05) is 13.1 Å². The Morgan fingerprint density at radius 3 is 2.56 bits per heavy atom. The van der Waals surface area contributed by atoms with Crippen molar-refractivity contribution in [3.8, 4) is 11.1 Å². The highest BCUT2D eigenvalue weighted by atomic mass is 16.5. The molecule has 0 bridgehead atoms. The number of likely N-dealkylation sites (tertiary alicyclic amines) is 1. The van der Waals surface area contributed by atoms with Gasteiger partial charge in [0.1, 0.15) is 0 Å². The number of carbonyl (C=O) groups is 1. The minimum atomic E-state index is -0.245. The van der Waals surface area contributed by atoms with Crippen molar-refractivity contribution in [2.45, 2.75) is 33.7 Å². The maximum Gasteiger partial charge on any atom is 0.338 e. The van der Waals surface area contributed by atoms with Crippen LogP contribution in [0.2, 0.25) is 0 Å². The van der Waals surface area contributed by atoms with Crippen LogP contribution < -0.4 is 0 Å². The van der Waals surface area contributed by atoms with Gasteiger partial charge in [0.05, 0.1) is 12.2 Å². The van der Waals surface area contributed by atoms with Crippen molar-refractivity contribution in [1.82, 2.24) is 4.90 Å². The SMILES string of the molecule is CCOC(=O)c1ccc(-c2ccccc2)c(CN2CCC(C)(C)C2)c1. The lowest BCUT2D eigenvalue weighted by Gasteiger charge is -2.21. The molecule has 1 saturated heterocycles. The first kappa shape index (κ1) is 17.7. The fourth-order valence-electron chi connectivity index (χ4n) is 3.57. The van der Waals surface area contributed by atoms with Crippen molar-refractivity contribution < 1.29 is 9.53 Å². The largest absolute Gasteiger partial charge is 0.462 e. The summed E-state index contributed by atoms with van der Waals surface area (Å²) in [5, 5.41) is 0. The van der Waals surface area contributed by atoms with E-state index in [0.717, 1.165) is 19.6 Å². The third-order valence-corrected chi connectivity index (χ3v) is 4.85. The van der Waals surface area contributed by atoms with E-state index in [9.17, 15) is 4.79 Å².